The van der Waals surface area contributed by atoms with Crippen molar-refractivity contribution in [3.8, 4) is 5.75 Å². The number of ether oxygens (including phenoxy) is 2. The minimum Gasteiger partial charge on any atom is -0.497 e. The SMILES string of the molecule is COCCN(Cc1nccn1Cc1ccc(C)cc1)C(=O)c1ccc(OC)cc1. The predicted octanol–water partition coefficient (Wildman–Crippen LogP) is 3.54. The highest BCUT2D eigenvalue weighted by Gasteiger charge is 2.18. The molecule has 1 amide bonds. The first kappa shape index (κ1) is 20.6. The monoisotopic (exact) mass is 393 g/mol. The standard InChI is InChI=1S/C23H27N3O3/c1-18-4-6-19(7-5-18)16-25-13-12-24-22(25)17-26(14-15-28-2)23(27)20-8-10-21(29-3)11-9-20/h4-13H,14-17H2,1-3H3. The van der Waals surface area contributed by atoms with Crippen molar-refractivity contribution < 1.29 is 14.3 Å². The number of hydrogen-bond acceptors (Lipinski definition) is 4. The first-order chi connectivity index (χ1) is 14.1. The zero-order valence-corrected chi connectivity index (χ0v) is 17.2. The summed E-state index contributed by atoms with van der Waals surface area (Å²) in [6, 6.07) is 15.6. The van der Waals surface area contributed by atoms with E-state index in [1.165, 1.54) is 11.1 Å². The Morgan fingerprint density at radius 3 is 2.45 bits per heavy atom. The van der Waals surface area contributed by atoms with Crippen LogP contribution in [0.3, 0.4) is 0 Å². The molecule has 0 saturated heterocycles. The Morgan fingerprint density at radius 1 is 1.07 bits per heavy atom. The maximum atomic E-state index is 13.1. The average Bonchev–Trinajstić information content (AvgIpc) is 3.18. The lowest BCUT2D eigenvalue weighted by atomic mass is 10.1. The van der Waals surface area contributed by atoms with Gasteiger partial charge < -0.3 is 18.9 Å². The minimum absolute atomic E-state index is 0.0606. The van der Waals surface area contributed by atoms with E-state index in [4.69, 9.17) is 9.47 Å². The molecule has 2 aromatic carbocycles. The number of carbonyl (C=O) groups is 1. The van der Waals surface area contributed by atoms with Crippen LogP contribution in [0.5, 0.6) is 5.75 Å². The molecule has 0 bridgehead atoms. The van der Waals surface area contributed by atoms with Crippen LogP contribution in [0.15, 0.2) is 60.9 Å². The highest BCUT2D eigenvalue weighted by molar-refractivity contribution is 5.94. The number of aryl methyl sites for hydroxylation is 1. The summed E-state index contributed by atoms with van der Waals surface area (Å²) >= 11 is 0. The van der Waals surface area contributed by atoms with Gasteiger partial charge in [-0.3, -0.25) is 4.79 Å². The van der Waals surface area contributed by atoms with Gasteiger partial charge in [0, 0.05) is 38.2 Å². The summed E-state index contributed by atoms with van der Waals surface area (Å²) in [4.78, 5) is 19.3. The topological polar surface area (TPSA) is 56.6 Å². The van der Waals surface area contributed by atoms with Gasteiger partial charge in [-0.05, 0) is 36.8 Å². The first-order valence-electron chi connectivity index (χ1n) is 9.58. The van der Waals surface area contributed by atoms with E-state index >= 15 is 0 Å². The summed E-state index contributed by atoms with van der Waals surface area (Å²) in [5.41, 5.74) is 3.04. The lowest BCUT2D eigenvalue weighted by molar-refractivity contribution is 0.0673. The minimum atomic E-state index is -0.0606. The van der Waals surface area contributed by atoms with Crippen molar-refractivity contribution in [3.05, 3.63) is 83.4 Å². The van der Waals surface area contributed by atoms with Gasteiger partial charge in [0.2, 0.25) is 0 Å². The molecule has 1 heterocycles. The quantitative estimate of drug-likeness (QED) is 0.558. The van der Waals surface area contributed by atoms with E-state index in [-0.39, 0.29) is 5.91 Å². The Labute approximate surface area is 171 Å². The molecule has 6 nitrogen and oxygen atoms in total. The summed E-state index contributed by atoms with van der Waals surface area (Å²) in [6.45, 7) is 4.14. The molecule has 0 spiro atoms. The Bertz CT molecular complexity index is 917. The van der Waals surface area contributed by atoms with Crippen LogP contribution in [0.4, 0.5) is 0 Å². The van der Waals surface area contributed by atoms with E-state index < -0.39 is 0 Å². The van der Waals surface area contributed by atoms with Gasteiger partial charge in [-0.25, -0.2) is 4.98 Å². The molecule has 0 unspecified atom stereocenters. The number of hydrogen-bond donors (Lipinski definition) is 0. The number of aromatic nitrogens is 2. The number of carbonyl (C=O) groups excluding carboxylic acids is 1. The van der Waals surface area contributed by atoms with Gasteiger partial charge in [0.25, 0.3) is 5.91 Å². The zero-order chi connectivity index (χ0) is 20.6. The van der Waals surface area contributed by atoms with Gasteiger partial charge in [0.15, 0.2) is 0 Å². The third-order valence-electron chi connectivity index (χ3n) is 4.80. The molecule has 0 atom stereocenters. The normalized spacial score (nSPS) is 10.7. The van der Waals surface area contributed by atoms with Gasteiger partial charge in [0.05, 0.1) is 20.3 Å². The van der Waals surface area contributed by atoms with E-state index in [1.807, 2.05) is 6.20 Å². The van der Waals surface area contributed by atoms with Gasteiger partial charge in [0.1, 0.15) is 11.6 Å². The number of methoxy groups -OCH3 is 2. The van der Waals surface area contributed by atoms with Crippen molar-refractivity contribution in [2.24, 2.45) is 0 Å². The Hall–Kier alpha value is -3.12. The van der Waals surface area contributed by atoms with Gasteiger partial charge in [-0.15, -0.1) is 0 Å². The third kappa shape index (κ3) is 5.45. The van der Waals surface area contributed by atoms with E-state index in [0.717, 1.165) is 11.6 Å². The number of rotatable bonds is 9. The van der Waals surface area contributed by atoms with Crippen molar-refractivity contribution in [2.45, 2.75) is 20.0 Å². The lowest BCUT2D eigenvalue weighted by Gasteiger charge is -2.23. The maximum absolute atomic E-state index is 13.1. The van der Waals surface area contributed by atoms with Crippen LogP contribution in [-0.2, 0) is 17.8 Å². The molecule has 0 aliphatic heterocycles. The summed E-state index contributed by atoms with van der Waals surface area (Å²) in [5.74, 6) is 1.50. The maximum Gasteiger partial charge on any atom is 0.254 e. The van der Waals surface area contributed by atoms with Crippen LogP contribution in [-0.4, -0.2) is 47.7 Å². The second kappa shape index (κ2) is 9.89. The molecule has 152 valence electrons. The average molecular weight is 393 g/mol. The summed E-state index contributed by atoms with van der Waals surface area (Å²) in [6.07, 6.45) is 3.72. The molecular formula is C23H27N3O3. The third-order valence-corrected chi connectivity index (χ3v) is 4.80. The fourth-order valence-corrected chi connectivity index (χ4v) is 3.07. The Balaban J connectivity index is 1.77. The van der Waals surface area contributed by atoms with Crippen molar-refractivity contribution in [2.75, 3.05) is 27.4 Å². The Kier molecular flexibility index (Phi) is 7.03. The largest absolute Gasteiger partial charge is 0.497 e. The van der Waals surface area contributed by atoms with Crippen LogP contribution in [0, 0.1) is 6.92 Å². The fourth-order valence-electron chi connectivity index (χ4n) is 3.07. The molecule has 0 aliphatic rings. The Morgan fingerprint density at radius 2 is 1.79 bits per heavy atom. The number of nitrogens with zero attached hydrogens (tertiary/aromatic N) is 3. The molecule has 0 aliphatic carbocycles. The zero-order valence-electron chi connectivity index (χ0n) is 17.2. The van der Waals surface area contributed by atoms with Crippen LogP contribution in [0.25, 0.3) is 0 Å². The second-order valence-electron chi connectivity index (χ2n) is 6.90. The molecule has 0 saturated carbocycles. The number of benzene rings is 2. The van der Waals surface area contributed by atoms with Crippen LogP contribution < -0.4 is 4.74 Å². The lowest BCUT2D eigenvalue weighted by Crippen LogP contribution is -2.34. The molecule has 1 aromatic heterocycles. The molecular weight excluding hydrogens is 366 g/mol. The smallest absolute Gasteiger partial charge is 0.254 e. The van der Waals surface area contributed by atoms with Crippen molar-refractivity contribution >= 4 is 5.91 Å². The van der Waals surface area contributed by atoms with Crippen molar-refractivity contribution in [1.29, 1.82) is 0 Å². The molecule has 0 radical (unpaired) electrons. The highest BCUT2D eigenvalue weighted by atomic mass is 16.5. The van der Waals surface area contributed by atoms with Crippen LogP contribution in [0.1, 0.15) is 27.3 Å². The van der Waals surface area contributed by atoms with Gasteiger partial charge in [-0.1, -0.05) is 29.8 Å². The highest BCUT2D eigenvalue weighted by Crippen LogP contribution is 2.15. The number of amides is 1. The van der Waals surface area contributed by atoms with Crippen LogP contribution >= 0.6 is 0 Å². The molecule has 6 heteroatoms. The van der Waals surface area contributed by atoms with E-state index in [1.54, 1.807) is 49.6 Å². The van der Waals surface area contributed by atoms with E-state index in [9.17, 15) is 4.79 Å². The molecule has 0 fully saturated rings. The molecule has 29 heavy (non-hydrogen) atoms. The molecule has 3 aromatic rings. The summed E-state index contributed by atoms with van der Waals surface area (Å²) in [7, 11) is 3.24. The van der Waals surface area contributed by atoms with E-state index in [2.05, 4.69) is 40.7 Å². The molecule has 3 rings (SSSR count). The van der Waals surface area contributed by atoms with Gasteiger partial charge in [-0.2, -0.15) is 0 Å². The van der Waals surface area contributed by atoms with Crippen molar-refractivity contribution in [1.82, 2.24) is 14.5 Å². The predicted molar refractivity (Wildman–Crippen MR) is 112 cm³/mol. The molecule has 0 N–H and O–H groups in total. The van der Waals surface area contributed by atoms with Gasteiger partial charge >= 0.3 is 0 Å². The summed E-state index contributed by atoms with van der Waals surface area (Å²) in [5, 5.41) is 0. The number of imidazole rings is 1. The second-order valence-corrected chi connectivity index (χ2v) is 6.90. The van der Waals surface area contributed by atoms with Crippen LogP contribution in [0.2, 0.25) is 0 Å². The fraction of sp³-hybridized carbons (Fsp3) is 0.304. The summed E-state index contributed by atoms with van der Waals surface area (Å²) < 4.78 is 12.5. The first-order valence-corrected chi connectivity index (χ1v) is 9.58. The van der Waals surface area contributed by atoms with E-state index in [0.29, 0.717) is 31.8 Å². The van der Waals surface area contributed by atoms with Crippen molar-refractivity contribution in [3.63, 3.8) is 0 Å².